The van der Waals surface area contributed by atoms with E-state index in [0.29, 0.717) is 34.7 Å². The molecule has 0 aliphatic rings. The summed E-state index contributed by atoms with van der Waals surface area (Å²) in [6.45, 7) is 6.04. The van der Waals surface area contributed by atoms with Crippen LogP contribution < -0.4 is 4.74 Å². The molecule has 1 unspecified atom stereocenters. The van der Waals surface area contributed by atoms with Crippen molar-refractivity contribution in [1.29, 1.82) is 0 Å². The SMILES string of the molecule is COc1ccccc1-c1cn(S(=O)(=O)c2ccc(C)cc2)c2ncc(-c3cncc(C(O)CC(C)C)c3)cc12. The third kappa shape index (κ3) is 5.17. The van der Waals surface area contributed by atoms with Crippen LogP contribution >= 0.6 is 0 Å². The van der Waals surface area contributed by atoms with Crippen molar-refractivity contribution in [1.82, 2.24) is 13.9 Å². The largest absolute Gasteiger partial charge is 0.496 e. The molecule has 200 valence electrons. The Hall–Kier alpha value is -4.01. The highest BCUT2D eigenvalue weighted by Crippen LogP contribution is 2.38. The standard InChI is InChI=1S/C31H31N3O4S/c1-20(2)13-29(35)24-14-22(16-32-17-24)23-15-27-28(26-7-5-6-8-30(26)38-4)19-34(31(27)33-18-23)39(36,37)25-11-9-21(3)10-12-25/h5-12,14-20,29,35H,13H2,1-4H3. The van der Waals surface area contributed by atoms with Gasteiger partial charge in [-0.3, -0.25) is 4.98 Å². The number of rotatable bonds is 8. The van der Waals surface area contributed by atoms with Gasteiger partial charge in [0.05, 0.1) is 18.1 Å². The fourth-order valence-electron chi connectivity index (χ4n) is 4.71. The molecule has 0 spiro atoms. The molecule has 5 rings (SSSR count). The van der Waals surface area contributed by atoms with Crippen molar-refractivity contribution >= 4 is 21.1 Å². The molecule has 1 N–H and O–H groups in total. The number of aliphatic hydroxyl groups is 1. The van der Waals surface area contributed by atoms with Crippen LogP contribution in [0.25, 0.3) is 33.3 Å². The lowest BCUT2D eigenvalue weighted by Crippen LogP contribution is -2.12. The zero-order chi connectivity index (χ0) is 27.7. The zero-order valence-electron chi connectivity index (χ0n) is 22.4. The molecule has 2 aromatic carbocycles. The minimum absolute atomic E-state index is 0.179. The van der Waals surface area contributed by atoms with Crippen LogP contribution in [0.3, 0.4) is 0 Å². The number of methoxy groups -OCH3 is 1. The molecule has 1 atom stereocenters. The molecule has 8 heteroatoms. The molecule has 3 aromatic heterocycles. The second-order valence-corrected chi connectivity index (χ2v) is 11.9. The first kappa shape index (κ1) is 26.6. The average molecular weight is 542 g/mol. The second-order valence-electron chi connectivity index (χ2n) is 10.1. The molecule has 0 amide bonds. The van der Waals surface area contributed by atoms with Crippen LogP contribution in [0.15, 0.2) is 90.3 Å². The van der Waals surface area contributed by atoms with Crippen molar-refractivity contribution in [3.63, 3.8) is 0 Å². The second kappa shape index (κ2) is 10.6. The number of aliphatic hydroxyl groups excluding tert-OH is 1. The maximum atomic E-state index is 13.8. The van der Waals surface area contributed by atoms with E-state index in [4.69, 9.17) is 4.74 Å². The van der Waals surface area contributed by atoms with E-state index in [1.807, 2.05) is 43.3 Å². The van der Waals surface area contributed by atoms with Crippen LogP contribution in [0, 0.1) is 12.8 Å². The van der Waals surface area contributed by atoms with Gasteiger partial charge >= 0.3 is 0 Å². The van der Waals surface area contributed by atoms with E-state index < -0.39 is 16.1 Å². The van der Waals surface area contributed by atoms with Crippen LogP contribution in [-0.4, -0.2) is 34.6 Å². The molecule has 0 aliphatic carbocycles. The molecule has 0 fully saturated rings. The summed E-state index contributed by atoms with van der Waals surface area (Å²) in [5.41, 5.74) is 4.98. The lowest BCUT2D eigenvalue weighted by molar-refractivity contribution is 0.150. The maximum Gasteiger partial charge on any atom is 0.269 e. The molecule has 0 saturated carbocycles. The summed E-state index contributed by atoms with van der Waals surface area (Å²) in [6.07, 6.45) is 6.64. The van der Waals surface area contributed by atoms with E-state index in [-0.39, 0.29) is 4.90 Å². The number of nitrogens with zero attached hydrogens (tertiary/aromatic N) is 3. The summed E-state index contributed by atoms with van der Waals surface area (Å²) in [7, 11) is -2.34. The van der Waals surface area contributed by atoms with Gasteiger partial charge in [0.15, 0.2) is 5.65 Å². The first-order chi connectivity index (χ1) is 18.7. The topological polar surface area (TPSA) is 94.3 Å². The summed E-state index contributed by atoms with van der Waals surface area (Å²) in [4.78, 5) is 9.18. The Morgan fingerprint density at radius 3 is 2.38 bits per heavy atom. The summed E-state index contributed by atoms with van der Waals surface area (Å²) >= 11 is 0. The molecule has 39 heavy (non-hydrogen) atoms. The lowest BCUT2D eigenvalue weighted by atomic mass is 9.98. The number of pyridine rings is 2. The van der Waals surface area contributed by atoms with Crippen molar-refractivity contribution in [3.05, 3.63) is 96.6 Å². The smallest absolute Gasteiger partial charge is 0.269 e. The summed E-state index contributed by atoms with van der Waals surface area (Å²) in [6, 6.07) is 18.1. The molecular weight excluding hydrogens is 510 g/mol. The first-order valence-electron chi connectivity index (χ1n) is 12.8. The first-order valence-corrected chi connectivity index (χ1v) is 14.2. The summed E-state index contributed by atoms with van der Waals surface area (Å²) in [5, 5.41) is 11.3. The van der Waals surface area contributed by atoms with Gasteiger partial charge in [0.1, 0.15) is 5.75 Å². The van der Waals surface area contributed by atoms with Crippen molar-refractivity contribution in [2.24, 2.45) is 5.92 Å². The molecule has 0 radical (unpaired) electrons. The molecule has 0 aliphatic heterocycles. The molecule has 0 bridgehead atoms. The van der Waals surface area contributed by atoms with Gasteiger partial charge in [-0.25, -0.2) is 17.4 Å². The van der Waals surface area contributed by atoms with Crippen LogP contribution in [0.1, 0.15) is 37.5 Å². The van der Waals surface area contributed by atoms with E-state index >= 15 is 0 Å². The predicted octanol–water partition coefficient (Wildman–Crippen LogP) is 6.40. The van der Waals surface area contributed by atoms with Gasteiger partial charge in [-0.2, -0.15) is 0 Å². The van der Waals surface area contributed by atoms with Crippen molar-refractivity contribution in [3.8, 4) is 28.0 Å². The van der Waals surface area contributed by atoms with Crippen molar-refractivity contribution in [2.45, 2.75) is 38.2 Å². The van der Waals surface area contributed by atoms with Crippen LogP contribution in [-0.2, 0) is 10.0 Å². The molecule has 3 heterocycles. The average Bonchev–Trinajstić information content (AvgIpc) is 3.32. The van der Waals surface area contributed by atoms with Gasteiger partial charge in [-0.05, 0) is 55.2 Å². The third-order valence-corrected chi connectivity index (χ3v) is 8.42. The van der Waals surface area contributed by atoms with Crippen LogP contribution in [0.2, 0.25) is 0 Å². The quantitative estimate of drug-likeness (QED) is 0.244. The highest BCUT2D eigenvalue weighted by Gasteiger charge is 2.24. The maximum absolute atomic E-state index is 13.8. The summed E-state index contributed by atoms with van der Waals surface area (Å²) < 4.78 is 34.4. The Morgan fingerprint density at radius 1 is 0.949 bits per heavy atom. The Morgan fingerprint density at radius 2 is 1.67 bits per heavy atom. The number of aromatic nitrogens is 3. The van der Waals surface area contributed by atoms with Gasteiger partial charge in [0.2, 0.25) is 0 Å². The Bertz CT molecular complexity index is 1740. The van der Waals surface area contributed by atoms with Gasteiger partial charge < -0.3 is 9.84 Å². The van der Waals surface area contributed by atoms with Crippen LogP contribution in [0.4, 0.5) is 0 Å². The van der Waals surface area contributed by atoms with E-state index in [9.17, 15) is 13.5 Å². The van der Waals surface area contributed by atoms with Gasteiger partial charge in [0, 0.05) is 52.4 Å². The number of para-hydroxylation sites is 1. The highest BCUT2D eigenvalue weighted by atomic mass is 32.2. The fraction of sp³-hybridized carbons (Fsp3) is 0.226. The number of ether oxygens (including phenoxy) is 1. The minimum Gasteiger partial charge on any atom is -0.496 e. The van der Waals surface area contributed by atoms with Gasteiger partial charge in [-0.15, -0.1) is 0 Å². The molecule has 0 saturated heterocycles. The van der Waals surface area contributed by atoms with Crippen molar-refractivity contribution < 1.29 is 18.3 Å². The Kier molecular flexibility index (Phi) is 7.25. The van der Waals surface area contributed by atoms with E-state index in [2.05, 4.69) is 23.8 Å². The number of hydrogen-bond donors (Lipinski definition) is 1. The summed E-state index contributed by atoms with van der Waals surface area (Å²) in [5.74, 6) is 0.954. The molecule has 7 nitrogen and oxygen atoms in total. The van der Waals surface area contributed by atoms with E-state index in [1.54, 1.807) is 56.2 Å². The molecule has 5 aromatic rings. The van der Waals surface area contributed by atoms with E-state index in [0.717, 1.165) is 27.8 Å². The highest BCUT2D eigenvalue weighted by molar-refractivity contribution is 7.90. The third-order valence-electron chi connectivity index (χ3n) is 6.76. The van der Waals surface area contributed by atoms with Gasteiger partial charge in [-0.1, -0.05) is 49.7 Å². The van der Waals surface area contributed by atoms with Crippen molar-refractivity contribution in [2.75, 3.05) is 7.11 Å². The molecular formula is C31H31N3O4S. The fourth-order valence-corrected chi connectivity index (χ4v) is 6.03. The van der Waals surface area contributed by atoms with E-state index in [1.165, 1.54) is 3.97 Å². The number of aryl methyl sites for hydroxylation is 1. The van der Waals surface area contributed by atoms with Gasteiger partial charge in [0.25, 0.3) is 10.0 Å². The monoisotopic (exact) mass is 541 g/mol. The number of fused-ring (bicyclic) bond motifs is 1. The number of benzene rings is 2. The minimum atomic E-state index is -3.93. The normalized spacial score (nSPS) is 12.7. The predicted molar refractivity (Wildman–Crippen MR) is 153 cm³/mol. The number of hydrogen-bond acceptors (Lipinski definition) is 6. The lowest BCUT2D eigenvalue weighted by Gasteiger charge is -2.14. The Balaban J connectivity index is 1.71. The zero-order valence-corrected chi connectivity index (χ0v) is 23.2. The Labute approximate surface area is 228 Å². The van der Waals surface area contributed by atoms with Crippen LogP contribution in [0.5, 0.6) is 5.75 Å².